The fraction of sp³-hybridized carbons (Fsp3) is 0.957. The summed E-state index contributed by atoms with van der Waals surface area (Å²) in [4.78, 5) is 6.40. The van der Waals surface area contributed by atoms with E-state index >= 15 is 0 Å². The molecule has 0 amide bonds. The van der Waals surface area contributed by atoms with Crippen molar-refractivity contribution >= 4 is 0 Å². The van der Waals surface area contributed by atoms with Crippen LogP contribution in [0.5, 0.6) is 0 Å². The average Bonchev–Trinajstić information content (AvgIpc) is 3.15. The van der Waals surface area contributed by atoms with E-state index < -0.39 is 0 Å². The third kappa shape index (κ3) is 88.6. The van der Waals surface area contributed by atoms with Crippen LogP contribution in [0.3, 0.4) is 0 Å². The van der Waals surface area contributed by atoms with E-state index in [1.54, 1.807) is 0 Å². The summed E-state index contributed by atoms with van der Waals surface area (Å²) >= 11 is 0. The fourth-order valence-electron chi connectivity index (χ4n) is 5.54. The quantitative estimate of drug-likeness (QED) is 0.00919. The lowest BCUT2D eigenvalue weighted by Crippen LogP contribution is -2.39. The fourth-order valence-corrected chi connectivity index (χ4v) is 5.54. The minimum atomic E-state index is 0. The van der Waals surface area contributed by atoms with E-state index in [9.17, 15) is 0 Å². The van der Waals surface area contributed by atoms with Gasteiger partial charge in [-0.3, -0.25) is 16.0 Å². The summed E-state index contributed by atoms with van der Waals surface area (Å²) in [5.74, 6) is 5.47. The molecule has 0 unspecified atom stereocenters. The first-order valence-electron chi connectivity index (χ1n) is 22.2. The molecule has 0 saturated carbocycles. The van der Waals surface area contributed by atoms with Crippen LogP contribution in [-0.4, -0.2) is 60.5 Å². The average molecular weight is 785 g/mol. The number of allylic oxidation sites excluding steroid dienone is 1. The molecular formula is C46H112N4O4. The molecule has 0 aliphatic heterocycles. The molecule has 0 saturated heterocycles. The summed E-state index contributed by atoms with van der Waals surface area (Å²) in [7, 11) is 1.00. The van der Waals surface area contributed by atoms with Crippen LogP contribution in [0.15, 0.2) is 12.7 Å². The highest BCUT2D eigenvalue weighted by Crippen LogP contribution is 2.09. The number of nitrogens with two attached hydrogens (primary N) is 1. The highest BCUT2D eigenvalue weighted by molar-refractivity contribution is 4.65. The molecular weight excluding hydrogens is 673 g/mol. The molecule has 0 aliphatic rings. The summed E-state index contributed by atoms with van der Waals surface area (Å²) in [6, 6.07) is 0. The molecule has 0 heterocycles. The van der Waals surface area contributed by atoms with Gasteiger partial charge in [0.15, 0.2) is 0 Å². The Balaban J connectivity index is -0.0000000746. The first-order chi connectivity index (χ1) is 25.1. The smallest absolute Gasteiger partial charge is 0.0819 e. The van der Waals surface area contributed by atoms with E-state index in [-0.39, 0.29) is 22.4 Å². The number of hydrazine groups is 1. The van der Waals surface area contributed by atoms with Crippen LogP contribution in [-0.2, 0) is 4.89 Å². The Morgan fingerprint density at radius 2 is 0.833 bits per heavy atom. The number of aliphatic hydroxyl groups excluding tert-OH is 2. The second kappa shape index (κ2) is 80.8. The van der Waals surface area contributed by atoms with Gasteiger partial charge in [-0.2, -0.15) is 0 Å². The monoisotopic (exact) mass is 785 g/mol. The van der Waals surface area contributed by atoms with Crippen molar-refractivity contribution < 1.29 is 21.8 Å². The zero-order chi connectivity index (χ0) is 39.2. The van der Waals surface area contributed by atoms with E-state index in [1.807, 2.05) is 6.08 Å². The van der Waals surface area contributed by atoms with Crippen LogP contribution in [0, 0.1) is 0 Å². The van der Waals surface area contributed by atoms with Crippen molar-refractivity contribution in [2.75, 3.05) is 40.1 Å². The van der Waals surface area contributed by atoms with Crippen molar-refractivity contribution in [1.82, 2.24) is 16.5 Å². The summed E-state index contributed by atoms with van der Waals surface area (Å²) in [6.45, 7) is 19.0. The minimum absolute atomic E-state index is 0. The Labute approximate surface area is 344 Å². The Bertz CT molecular complexity index is 488. The third-order valence-electron chi connectivity index (χ3n) is 8.83. The van der Waals surface area contributed by atoms with E-state index in [1.165, 1.54) is 193 Å². The first kappa shape index (κ1) is 71.2. The van der Waals surface area contributed by atoms with Crippen molar-refractivity contribution in [2.24, 2.45) is 5.84 Å². The zero-order valence-electron chi connectivity index (χ0n) is 36.7. The van der Waals surface area contributed by atoms with E-state index in [0.717, 1.165) is 33.0 Å². The Morgan fingerprint density at radius 3 is 1.13 bits per heavy atom. The van der Waals surface area contributed by atoms with Crippen LogP contribution in [0.2, 0.25) is 0 Å². The number of nitrogens with one attached hydrogen (secondary N) is 1. The Kier molecular flexibility index (Phi) is 106. The van der Waals surface area contributed by atoms with Gasteiger partial charge in [-0.25, -0.2) is 10.3 Å². The third-order valence-corrected chi connectivity index (χ3v) is 8.83. The predicted octanol–water partition coefficient (Wildman–Crippen LogP) is 14.8. The number of nitrogens with zero attached hydrogens (tertiary/aromatic N) is 1. The number of hydrogen-bond acceptors (Lipinski definition) is 8. The Morgan fingerprint density at radius 1 is 0.537 bits per heavy atom. The maximum absolute atomic E-state index is 8.47. The van der Waals surface area contributed by atoms with Gasteiger partial charge in [-0.05, 0) is 51.6 Å². The zero-order valence-corrected chi connectivity index (χ0v) is 36.7. The molecule has 9 N–H and O–H groups in total. The van der Waals surface area contributed by atoms with Gasteiger partial charge in [-0.15, -0.1) is 6.58 Å². The molecule has 0 spiro atoms. The molecule has 54 heavy (non-hydrogen) atoms. The SMILES string of the molecule is C.C.C=CCCCCCCN(CCCCCCCC)CNN.CCCCCCCCC.CCCCCCCCCO.CCCCCCCCOO.CO.N.[HH]. The lowest BCUT2D eigenvalue weighted by atomic mass is 10.1. The molecule has 0 aromatic carbocycles. The maximum Gasteiger partial charge on any atom is 0.0819 e. The largest absolute Gasteiger partial charge is 0.400 e. The highest BCUT2D eigenvalue weighted by Gasteiger charge is 2.03. The second-order valence-electron chi connectivity index (χ2n) is 14.0. The lowest BCUT2D eigenvalue weighted by molar-refractivity contribution is -0.242. The van der Waals surface area contributed by atoms with Crippen LogP contribution in [0.25, 0.3) is 0 Å². The molecule has 0 bridgehead atoms. The molecule has 0 aromatic rings. The van der Waals surface area contributed by atoms with Gasteiger partial charge in [0.2, 0.25) is 0 Å². The maximum atomic E-state index is 8.47. The molecule has 8 heteroatoms. The van der Waals surface area contributed by atoms with Crippen molar-refractivity contribution in [1.29, 1.82) is 0 Å². The first-order valence-corrected chi connectivity index (χ1v) is 22.2. The van der Waals surface area contributed by atoms with Crippen molar-refractivity contribution in [2.45, 2.75) is 249 Å². The molecule has 0 fully saturated rings. The van der Waals surface area contributed by atoms with Gasteiger partial charge < -0.3 is 16.4 Å². The van der Waals surface area contributed by atoms with Crippen LogP contribution >= 0.6 is 0 Å². The standard InChI is InChI=1S/C17H37N3.C9H20O.C9H20.C8H18O2.CH4O.2CH4.H3N.H2/c1-3-5-7-9-11-13-15-20(17-19-18)16-14-12-10-8-6-4-2;1-2-3-4-5-6-7-8-9-10;1-3-5-7-9-8-6-4-2;1-2-3-4-5-6-7-8-10-9;1-2;;;;/h3,19H,1,4-18H2,2H3;10H,2-9H2,1H3;3-9H2,1-2H3;9H,2-8H2,1H3;2H,1H3;2*1H4;1H3;1H. The molecule has 0 aromatic heterocycles. The molecule has 8 nitrogen and oxygen atoms in total. The van der Waals surface area contributed by atoms with Crippen LogP contribution < -0.4 is 17.4 Å². The van der Waals surface area contributed by atoms with Gasteiger partial charge >= 0.3 is 0 Å². The molecule has 0 radical (unpaired) electrons. The highest BCUT2D eigenvalue weighted by atomic mass is 17.1. The predicted molar refractivity (Wildman–Crippen MR) is 250 cm³/mol. The van der Waals surface area contributed by atoms with Crippen molar-refractivity contribution in [3.63, 3.8) is 0 Å². The Hall–Kier alpha value is -0.580. The van der Waals surface area contributed by atoms with Gasteiger partial charge in [0.05, 0.1) is 13.3 Å². The van der Waals surface area contributed by atoms with Crippen LogP contribution in [0.4, 0.5) is 0 Å². The summed E-state index contributed by atoms with van der Waals surface area (Å²) < 4.78 is 0. The summed E-state index contributed by atoms with van der Waals surface area (Å²) in [5.41, 5.74) is 2.80. The molecule has 0 aliphatic carbocycles. The van der Waals surface area contributed by atoms with E-state index in [0.29, 0.717) is 13.2 Å². The summed E-state index contributed by atoms with van der Waals surface area (Å²) in [5, 5.41) is 23.4. The summed E-state index contributed by atoms with van der Waals surface area (Å²) in [6.07, 6.45) is 42.9. The van der Waals surface area contributed by atoms with Gasteiger partial charge in [-0.1, -0.05) is 216 Å². The number of aliphatic hydroxyl groups is 2. The van der Waals surface area contributed by atoms with Crippen molar-refractivity contribution in [3.8, 4) is 0 Å². The molecule has 0 atom stereocenters. The lowest BCUT2D eigenvalue weighted by Gasteiger charge is -2.21. The number of rotatable bonds is 36. The van der Waals surface area contributed by atoms with E-state index in [4.69, 9.17) is 21.3 Å². The van der Waals surface area contributed by atoms with Gasteiger partial charge in [0, 0.05) is 15.1 Å². The molecule has 0 rings (SSSR count). The normalized spacial score (nSPS) is 9.69. The second-order valence-corrected chi connectivity index (χ2v) is 14.0. The van der Waals surface area contributed by atoms with Crippen molar-refractivity contribution in [3.05, 3.63) is 12.7 Å². The topological polar surface area (TPSA) is 146 Å². The van der Waals surface area contributed by atoms with E-state index in [2.05, 4.69) is 56.4 Å². The number of hydrogen-bond donors (Lipinski definition) is 6. The van der Waals surface area contributed by atoms with Gasteiger partial charge in [0.25, 0.3) is 0 Å². The van der Waals surface area contributed by atoms with Gasteiger partial charge in [0.1, 0.15) is 0 Å². The number of unbranched alkanes of at least 4 members (excludes halogenated alkanes) is 26. The van der Waals surface area contributed by atoms with Crippen LogP contribution in [0.1, 0.15) is 250 Å². The minimum Gasteiger partial charge on any atom is -0.400 e. The molecule has 340 valence electrons.